The highest BCUT2D eigenvalue weighted by Gasteiger charge is 2.21. The van der Waals surface area contributed by atoms with Crippen molar-refractivity contribution in [3.63, 3.8) is 0 Å². The van der Waals surface area contributed by atoms with Crippen molar-refractivity contribution in [1.82, 2.24) is 14.9 Å². The minimum absolute atomic E-state index is 0.115. The first-order valence-electron chi connectivity index (χ1n) is 12.9. The standard InChI is InChI=1S/C29H30N6O4S/c1-19-14-22(17-30)15-20(2)28(19)39-27-16-25(26-4-3-13-38-26)33-29(34-27)32-23-9-11-35(12-10-23)18-21-5-7-24(8-6-21)40(31,36)37/h3-8,13-16,23H,9-12,18H2,1-2H3,(H2,31,36,37)(H,32,33,34). The number of nitrogens with two attached hydrogens (primary N) is 1. The van der Waals surface area contributed by atoms with Gasteiger partial charge in [-0.2, -0.15) is 10.2 Å². The molecular formula is C29H30N6O4S. The highest BCUT2D eigenvalue weighted by Crippen LogP contribution is 2.32. The summed E-state index contributed by atoms with van der Waals surface area (Å²) < 4.78 is 34.8. The number of nitrogens with zero attached hydrogens (tertiary/aromatic N) is 4. The number of piperidine rings is 1. The second-order valence-corrected chi connectivity index (χ2v) is 11.5. The van der Waals surface area contributed by atoms with Crippen molar-refractivity contribution in [3.8, 4) is 29.2 Å². The third-order valence-corrected chi connectivity index (χ3v) is 7.78. The van der Waals surface area contributed by atoms with Crippen molar-refractivity contribution in [1.29, 1.82) is 5.26 Å². The molecule has 0 radical (unpaired) electrons. The molecule has 206 valence electrons. The van der Waals surface area contributed by atoms with Gasteiger partial charge < -0.3 is 14.5 Å². The van der Waals surface area contributed by atoms with E-state index in [2.05, 4.69) is 26.3 Å². The van der Waals surface area contributed by atoms with Crippen LogP contribution >= 0.6 is 0 Å². The molecule has 2 aromatic carbocycles. The Morgan fingerprint density at radius 1 is 1.10 bits per heavy atom. The van der Waals surface area contributed by atoms with Crippen LogP contribution < -0.4 is 15.2 Å². The molecule has 0 unspecified atom stereocenters. The molecule has 3 heterocycles. The molecule has 3 N–H and O–H groups in total. The Kier molecular flexibility index (Phi) is 7.84. The van der Waals surface area contributed by atoms with Crippen LogP contribution in [0, 0.1) is 25.2 Å². The summed E-state index contributed by atoms with van der Waals surface area (Å²) >= 11 is 0. The zero-order chi connectivity index (χ0) is 28.3. The smallest absolute Gasteiger partial charge is 0.238 e. The van der Waals surface area contributed by atoms with Crippen LogP contribution in [0.25, 0.3) is 11.5 Å². The normalized spacial score (nSPS) is 14.6. The summed E-state index contributed by atoms with van der Waals surface area (Å²) in [5.74, 6) is 2.08. The van der Waals surface area contributed by atoms with Crippen molar-refractivity contribution >= 4 is 16.0 Å². The number of anilines is 1. The third-order valence-electron chi connectivity index (χ3n) is 6.85. The van der Waals surface area contributed by atoms with E-state index in [4.69, 9.17) is 14.3 Å². The lowest BCUT2D eigenvalue weighted by molar-refractivity contribution is 0.211. The van der Waals surface area contributed by atoms with E-state index in [1.54, 1.807) is 54.8 Å². The summed E-state index contributed by atoms with van der Waals surface area (Å²) in [7, 11) is -3.70. The van der Waals surface area contributed by atoms with Gasteiger partial charge in [0.25, 0.3) is 0 Å². The number of ether oxygens (including phenoxy) is 1. The fraction of sp³-hybridized carbons (Fsp3) is 0.276. The highest BCUT2D eigenvalue weighted by molar-refractivity contribution is 7.89. The predicted molar refractivity (Wildman–Crippen MR) is 150 cm³/mol. The molecule has 5 rings (SSSR count). The average Bonchev–Trinajstić information content (AvgIpc) is 3.47. The van der Waals surface area contributed by atoms with Crippen LogP contribution in [-0.2, 0) is 16.6 Å². The molecular weight excluding hydrogens is 528 g/mol. The van der Waals surface area contributed by atoms with Crippen LogP contribution in [0.15, 0.2) is 70.2 Å². The van der Waals surface area contributed by atoms with Gasteiger partial charge in [-0.25, -0.2) is 18.5 Å². The van der Waals surface area contributed by atoms with E-state index in [9.17, 15) is 13.7 Å². The Morgan fingerprint density at radius 2 is 1.80 bits per heavy atom. The minimum atomic E-state index is -3.70. The molecule has 1 fully saturated rings. The Balaban J connectivity index is 1.28. The SMILES string of the molecule is Cc1cc(C#N)cc(C)c1Oc1cc(-c2ccco2)nc(NC2CCN(Cc3ccc(S(N)(=O)=O)cc3)CC2)n1. The molecule has 0 saturated carbocycles. The van der Waals surface area contributed by atoms with Gasteiger partial charge in [0.15, 0.2) is 5.76 Å². The van der Waals surface area contributed by atoms with Gasteiger partial charge in [-0.3, -0.25) is 4.90 Å². The van der Waals surface area contributed by atoms with Crippen molar-refractivity contribution in [3.05, 3.63) is 83.1 Å². The largest absolute Gasteiger partial charge is 0.463 e. The molecule has 1 aliphatic heterocycles. The van der Waals surface area contributed by atoms with E-state index in [1.165, 1.54) is 0 Å². The molecule has 10 nitrogen and oxygen atoms in total. The summed E-state index contributed by atoms with van der Waals surface area (Å²) in [6.45, 7) is 6.25. The molecule has 40 heavy (non-hydrogen) atoms. The number of furan rings is 1. The number of nitrogens with one attached hydrogen (secondary N) is 1. The van der Waals surface area contributed by atoms with Crippen molar-refractivity contribution in [2.75, 3.05) is 18.4 Å². The summed E-state index contributed by atoms with van der Waals surface area (Å²) in [6.07, 6.45) is 3.36. The summed E-state index contributed by atoms with van der Waals surface area (Å²) in [5, 5.41) is 17.9. The van der Waals surface area contributed by atoms with Crippen molar-refractivity contribution in [2.24, 2.45) is 5.14 Å². The fourth-order valence-electron chi connectivity index (χ4n) is 4.83. The molecule has 0 bridgehead atoms. The zero-order valence-electron chi connectivity index (χ0n) is 22.3. The molecule has 2 aromatic heterocycles. The van der Waals surface area contributed by atoms with Gasteiger partial charge in [0.05, 0.1) is 22.8 Å². The first-order valence-corrected chi connectivity index (χ1v) is 14.5. The van der Waals surface area contributed by atoms with Crippen LogP contribution in [0.3, 0.4) is 0 Å². The van der Waals surface area contributed by atoms with Crippen LogP contribution in [0.5, 0.6) is 11.6 Å². The lowest BCUT2D eigenvalue weighted by Gasteiger charge is -2.32. The number of aryl methyl sites for hydroxylation is 2. The van der Waals surface area contributed by atoms with Crippen LogP contribution in [0.2, 0.25) is 0 Å². The second kappa shape index (κ2) is 11.5. The molecule has 0 amide bonds. The number of benzene rings is 2. The Hall–Kier alpha value is -4.24. The lowest BCUT2D eigenvalue weighted by Crippen LogP contribution is -2.39. The molecule has 11 heteroatoms. The average molecular weight is 559 g/mol. The second-order valence-electron chi connectivity index (χ2n) is 9.93. The fourth-order valence-corrected chi connectivity index (χ4v) is 5.35. The van der Waals surface area contributed by atoms with Crippen molar-refractivity contribution in [2.45, 2.75) is 44.2 Å². The number of hydrogen-bond donors (Lipinski definition) is 2. The van der Waals surface area contributed by atoms with E-state index >= 15 is 0 Å². The van der Waals surface area contributed by atoms with E-state index in [0.29, 0.717) is 34.6 Å². The van der Waals surface area contributed by atoms with E-state index < -0.39 is 10.0 Å². The number of sulfonamides is 1. The first kappa shape index (κ1) is 27.3. The molecule has 4 aromatic rings. The Labute approximate surface area is 233 Å². The third kappa shape index (κ3) is 6.48. The van der Waals surface area contributed by atoms with Gasteiger partial charge in [0.1, 0.15) is 11.4 Å². The van der Waals surface area contributed by atoms with Crippen LogP contribution in [0.1, 0.15) is 35.1 Å². The van der Waals surface area contributed by atoms with Crippen LogP contribution in [-0.4, -0.2) is 42.4 Å². The van der Waals surface area contributed by atoms with E-state index in [0.717, 1.165) is 49.2 Å². The van der Waals surface area contributed by atoms with Gasteiger partial charge in [-0.15, -0.1) is 0 Å². The maximum atomic E-state index is 11.5. The molecule has 0 aliphatic carbocycles. The number of primary sulfonamides is 1. The first-order chi connectivity index (χ1) is 19.2. The van der Waals surface area contributed by atoms with E-state index in [1.807, 2.05) is 19.9 Å². The topological polar surface area (TPSA) is 147 Å². The number of aromatic nitrogens is 2. The van der Waals surface area contributed by atoms with Gasteiger partial charge in [-0.05, 0) is 79.8 Å². The zero-order valence-corrected chi connectivity index (χ0v) is 23.1. The van der Waals surface area contributed by atoms with E-state index in [-0.39, 0.29) is 10.9 Å². The molecule has 1 aliphatic rings. The lowest BCUT2D eigenvalue weighted by atomic mass is 10.0. The maximum Gasteiger partial charge on any atom is 0.238 e. The molecule has 0 spiro atoms. The van der Waals surface area contributed by atoms with Gasteiger partial charge in [0.2, 0.25) is 21.9 Å². The number of rotatable bonds is 8. The molecule has 1 saturated heterocycles. The Morgan fingerprint density at radius 3 is 2.40 bits per heavy atom. The highest BCUT2D eigenvalue weighted by atomic mass is 32.2. The monoisotopic (exact) mass is 558 g/mol. The van der Waals surface area contributed by atoms with Gasteiger partial charge in [0, 0.05) is 31.7 Å². The van der Waals surface area contributed by atoms with Gasteiger partial charge in [-0.1, -0.05) is 12.1 Å². The summed E-state index contributed by atoms with van der Waals surface area (Å²) in [6, 6.07) is 18.0. The van der Waals surface area contributed by atoms with Gasteiger partial charge >= 0.3 is 0 Å². The quantitative estimate of drug-likeness (QED) is 0.313. The summed E-state index contributed by atoms with van der Waals surface area (Å²) in [4.78, 5) is 11.8. The number of likely N-dealkylation sites (tertiary alicyclic amines) is 1. The van der Waals surface area contributed by atoms with Crippen LogP contribution in [0.4, 0.5) is 5.95 Å². The van der Waals surface area contributed by atoms with Crippen molar-refractivity contribution < 1.29 is 17.6 Å². The molecule has 0 atom stereocenters. The minimum Gasteiger partial charge on any atom is -0.463 e. The predicted octanol–water partition coefficient (Wildman–Crippen LogP) is 4.74. The number of nitriles is 1. The summed E-state index contributed by atoms with van der Waals surface area (Å²) in [5.41, 5.74) is 3.90. The number of hydrogen-bond acceptors (Lipinski definition) is 9. The maximum absolute atomic E-state index is 11.5. The Bertz CT molecular complexity index is 1620.